The number of hydrogen-bond donors (Lipinski definition) is 0. The largest absolute Gasteiger partial charge is 0.326 e. The van der Waals surface area contributed by atoms with Gasteiger partial charge in [0, 0.05) is 29.9 Å². The first-order valence-electron chi connectivity index (χ1n) is 6.30. The highest BCUT2D eigenvalue weighted by molar-refractivity contribution is 7.99. The molecule has 1 aliphatic heterocycles. The molecule has 88 valence electrons. The van der Waals surface area contributed by atoms with Crippen molar-refractivity contribution in [3.05, 3.63) is 30.3 Å². The van der Waals surface area contributed by atoms with Gasteiger partial charge in [0.15, 0.2) is 0 Å². The zero-order valence-electron chi connectivity index (χ0n) is 10.2. The van der Waals surface area contributed by atoms with E-state index in [-0.39, 0.29) is 0 Å². The van der Waals surface area contributed by atoms with Crippen molar-refractivity contribution < 1.29 is 4.48 Å². The van der Waals surface area contributed by atoms with Gasteiger partial charge >= 0.3 is 0 Å². The highest BCUT2D eigenvalue weighted by Crippen LogP contribution is 2.21. The lowest BCUT2D eigenvalue weighted by atomic mass is 10.4. The van der Waals surface area contributed by atoms with Crippen molar-refractivity contribution in [2.45, 2.75) is 24.2 Å². The lowest BCUT2D eigenvalue weighted by molar-refractivity contribution is -0.897. The number of thioether (sulfide) groups is 1. The summed E-state index contributed by atoms with van der Waals surface area (Å²) in [5.74, 6) is 1.26. The molecule has 2 heteroatoms. The molecule has 1 aromatic carbocycles. The number of likely N-dealkylation sites (tertiary alicyclic amines) is 1. The second kappa shape index (κ2) is 5.74. The molecule has 0 spiro atoms. The molecule has 0 aromatic heterocycles. The van der Waals surface area contributed by atoms with E-state index in [1.807, 2.05) is 11.8 Å². The Bertz CT molecular complexity index is 304. The molecule has 0 saturated carbocycles. The number of rotatable bonds is 5. The maximum absolute atomic E-state index is 2.42. The molecule has 2 rings (SSSR count). The van der Waals surface area contributed by atoms with Crippen molar-refractivity contribution in [2.75, 3.05) is 32.4 Å². The lowest BCUT2D eigenvalue weighted by Gasteiger charge is -2.28. The van der Waals surface area contributed by atoms with E-state index in [1.165, 1.54) is 54.0 Å². The summed E-state index contributed by atoms with van der Waals surface area (Å²) in [5.41, 5.74) is 0. The molecule has 1 fully saturated rings. The lowest BCUT2D eigenvalue weighted by Crippen LogP contribution is -2.41. The number of benzene rings is 1. The summed E-state index contributed by atoms with van der Waals surface area (Å²) in [6, 6.07) is 10.7. The maximum atomic E-state index is 2.42. The fourth-order valence-electron chi connectivity index (χ4n) is 2.48. The van der Waals surface area contributed by atoms with Gasteiger partial charge in [-0.3, -0.25) is 0 Å². The van der Waals surface area contributed by atoms with Crippen molar-refractivity contribution in [1.29, 1.82) is 0 Å². The Morgan fingerprint density at radius 2 is 1.81 bits per heavy atom. The zero-order valence-corrected chi connectivity index (χ0v) is 11.0. The Morgan fingerprint density at radius 1 is 1.12 bits per heavy atom. The molecule has 1 aromatic rings. The van der Waals surface area contributed by atoms with E-state index < -0.39 is 0 Å². The van der Waals surface area contributed by atoms with Crippen LogP contribution in [0.5, 0.6) is 0 Å². The van der Waals surface area contributed by atoms with Gasteiger partial charge in [-0.1, -0.05) is 18.2 Å². The van der Waals surface area contributed by atoms with Crippen molar-refractivity contribution >= 4 is 11.8 Å². The van der Waals surface area contributed by atoms with Crippen LogP contribution >= 0.6 is 11.8 Å². The van der Waals surface area contributed by atoms with E-state index >= 15 is 0 Å². The van der Waals surface area contributed by atoms with Crippen LogP contribution in [0.2, 0.25) is 0 Å². The third-order valence-corrected chi connectivity index (χ3v) is 4.60. The summed E-state index contributed by atoms with van der Waals surface area (Å²) in [4.78, 5) is 1.41. The van der Waals surface area contributed by atoms with Crippen molar-refractivity contribution in [1.82, 2.24) is 0 Å². The minimum atomic E-state index is 1.26. The fraction of sp³-hybridized carbons (Fsp3) is 0.571. The van der Waals surface area contributed by atoms with Crippen LogP contribution in [0.4, 0.5) is 0 Å². The molecular formula is C14H22NS+. The van der Waals surface area contributed by atoms with E-state index in [0.29, 0.717) is 0 Å². The molecule has 0 atom stereocenters. The molecular weight excluding hydrogens is 214 g/mol. The SMILES string of the molecule is C[N+]1(CCCSc2ccccc2)CCCC1. The monoisotopic (exact) mass is 236 g/mol. The van der Waals surface area contributed by atoms with Crippen molar-refractivity contribution in [2.24, 2.45) is 0 Å². The first-order valence-corrected chi connectivity index (χ1v) is 7.28. The standard InChI is InChI=1S/C14H22NS/c1-15(10-5-6-11-15)12-7-13-16-14-8-3-2-4-9-14/h2-4,8-9H,5-7,10-13H2,1H3/q+1. The van der Waals surface area contributed by atoms with Gasteiger partial charge in [0.05, 0.1) is 26.7 Å². The number of hydrogen-bond acceptors (Lipinski definition) is 1. The van der Waals surface area contributed by atoms with Gasteiger partial charge in [-0.05, 0) is 12.1 Å². The fourth-order valence-corrected chi connectivity index (χ4v) is 3.33. The molecule has 1 aliphatic rings. The number of quaternary nitrogens is 1. The van der Waals surface area contributed by atoms with Crippen molar-refractivity contribution in [3.8, 4) is 0 Å². The summed E-state index contributed by atoms with van der Waals surface area (Å²) in [5, 5.41) is 0. The van der Waals surface area contributed by atoms with Crippen LogP contribution in [-0.2, 0) is 0 Å². The smallest absolute Gasteiger partial charge is 0.0792 e. The van der Waals surface area contributed by atoms with E-state index in [0.717, 1.165) is 0 Å². The molecule has 0 radical (unpaired) electrons. The van der Waals surface area contributed by atoms with Crippen LogP contribution in [0.25, 0.3) is 0 Å². The zero-order chi connectivity index (χ0) is 11.3. The van der Waals surface area contributed by atoms with Crippen LogP contribution in [0.1, 0.15) is 19.3 Å². The van der Waals surface area contributed by atoms with Gasteiger partial charge in [0.1, 0.15) is 0 Å². The second-order valence-corrected chi connectivity index (χ2v) is 6.18. The molecule has 16 heavy (non-hydrogen) atoms. The van der Waals surface area contributed by atoms with Gasteiger partial charge in [-0.25, -0.2) is 0 Å². The van der Waals surface area contributed by atoms with E-state index in [9.17, 15) is 0 Å². The molecule has 1 saturated heterocycles. The topological polar surface area (TPSA) is 0 Å². The molecule has 0 aliphatic carbocycles. The summed E-state index contributed by atoms with van der Waals surface area (Å²) in [7, 11) is 2.42. The third kappa shape index (κ3) is 3.53. The Kier molecular flexibility index (Phi) is 4.30. The predicted octanol–water partition coefficient (Wildman–Crippen LogP) is 3.41. The third-order valence-electron chi connectivity index (χ3n) is 3.50. The number of nitrogens with zero attached hydrogens (tertiary/aromatic N) is 1. The van der Waals surface area contributed by atoms with E-state index in [4.69, 9.17) is 0 Å². The predicted molar refractivity (Wildman–Crippen MR) is 71.8 cm³/mol. The quantitative estimate of drug-likeness (QED) is 0.429. The molecule has 0 unspecified atom stereocenters. The molecule has 1 heterocycles. The Hall–Kier alpha value is -0.470. The van der Waals surface area contributed by atoms with Crippen molar-refractivity contribution in [3.63, 3.8) is 0 Å². The van der Waals surface area contributed by atoms with Gasteiger partial charge in [-0.2, -0.15) is 0 Å². The first-order chi connectivity index (χ1) is 7.79. The van der Waals surface area contributed by atoms with Crippen LogP contribution < -0.4 is 0 Å². The first kappa shape index (κ1) is 12.0. The summed E-state index contributed by atoms with van der Waals surface area (Å²) >= 11 is 1.99. The van der Waals surface area contributed by atoms with Crippen LogP contribution in [0.15, 0.2) is 35.2 Å². The minimum absolute atomic E-state index is 1.26. The Morgan fingerprint density at radius 3 is 2.50 bits per heavy atom. The second-order valence-electron chi connectivity index (χ2n) is 5.01. The van der Waals surface area contributed by atoms with Gasteiger partial charge in [0.2, 0.25) is 0 Å². The molecule has 0 amide bonds. The molecule has 1 nitrogen and oxygen atoms in total. The summed E-state index contributed by atoms with van der Waals surface area (Å²) < 4.78 is 1.31. The van der Waals surface area contributed by atoms with Gasteiger partial charge in [0.25, 0.3) is 0 Å². The normalized spacial score (nSPS) is 18.8. The Balaban J connectivity index is 1.65. The average molecular weight is 236 g/mol. The summed E-state index contributed by atoms with van der Waals surface area (Å²) in [6.45, 7) is 4.16. The highest BCUT2D eigenvalue weighted by Gasteiger charge is 2.25. The van der Waals surface area contributed by atoms with Gasteiger partial charge < -0.3 is 4.48 Å². The van der Waals surface area contributed by atoms with E-state index in [2.05, 4.69) is 37.4 Å². The summed E-state index contributed by atoms with van der Waals surface area (Å²) in [6.07, 6.45) is 4.21. The minimum Gasteiger partial charge on any atom is -0.326 e. The Labute approximate surface area is 103 Å². The molecule has 0 N–H and O–H groups in total. The van der Waals surface area contributed by atoms with Gasteiger partial charge in [-0.15, -0.1) is 11.8 Å². The highest BCUT2D eigenvalue weighted by atomic mass is 32.2. The van der Waals surface area contributed by atoms with Crippen LogP contribution in [-0.4, -0.2) is 36.9 Å². The van der Waals surface area contributed by atoms with Crippen LogP contribution in [0, 0.1) is 0 Å². The van der Waals surface area contributed by atoms with E-state index in [1.54, 1.807) is 0 Å². The van der Waals surface area contributed by atoms with Crippen LogP contribution in [0.3, 0.4) is 0 Å². The average Bonchev–Trinajstić information content (AvgIpc) is 2.74. The maximum Gasteiger partial charge on any atom is 0.0792 e. The molecule has 0 bridgehead atoms.